The van der Waals surface area contributed by atoms with Gasteiger partial charge in [0, 0.05) is 19.5 Å². The summed E-state index contributed by atoms with van der Waals surface area (Å²) in [5.41, 5.74) is 3.28. The van der Waals surface area contributed by atoms with Gasteiger partial charge in [-0.1, -0.05) is 11.6 Å². The van der Waals surface area contributed by atoms with E-state index in [1.165, 1.54) is 8.45 Å². The maximum Gasteiger partial charge on any atom is 0.0847 e. The summed E-state index contributed by atoms with van der Waals surface area (Å²) in [7, 11) is 3.92. The molecule has 0 aliphatic heterocycles. The second kappa shape index (κ2) is 5.90. The summed E-state index contributed by atoms with van der Waals surface area (Å²) in [5.74, 6) is 0. The van der Waals surface area contributed by atoms with Gasteiger partial charge in [0.2, 0.25) is 0 Å². The van der Waals surface area contributed by atoms with E-state index in [4.69, 9.17) is 11.6 Å². The predicted octanol–water partition coefficient (Wildman–Crippen LogP) is 3.55. The number of nitrogens with one attached hydrogen (secondary N) is 1. The fraction of sp³-hybridized carbons (Fsp3) is 0.417. The highest BCUT2D eigenvalue weighted by Crippen LogP contribution is 2.28. The zero-order valence-electron chi connectivity index (χ0n) is 10.5. The van der Waals surface area contributed by atoms with Crippen LogP contribution in [0.15, 0.2) is 11.4 Å². The molecule has 0 aliphatic carbocycles. The van der Waals surface area contributed by atoms with Crippen molar-refractivity contribution in [1.82, 2.24) is 15.1 Å². The standard InChI is InChI=1S/C12H15ClIN3S/c1-7-12(13)10(17(3)16-7)5-9(15-2)8-4-11(14)18-6-8/h4,6,9,15H,5H2,1-3H3. The maximum atomic E-state index is 6.30. The molecule has 3 nitrogen and oxygen atoms in total. The Morgan fingerprint density at radius 3 is 2.78 bits per heavy atom. The number of nitrogens with zero attached hydrogens (tertiary/aromatic N) is 2. The Morgan fingerprint density at radius 2 is 2.33 bits per heavy atom. The minimum absolute atomic E-state index is 0.275. The average molecular weight is 396 g/mol. The summed E-state index contributed by atoms with van der Waals surface area (Å²) in [5, 5.41) is 10.7. The van der Waals surface area contributed by atoms with E-state index in [2.05, 4.69) is 44.5 Å². The summed E-state index contributed by atoms with van der Waals surface area (Å²) in [4.78, 5) is 0. The number of aromatic nitrogens is 2. The fourth-order valence-electron chi connectivity index (χ4n) is 1.99. The third-order valence-corrected chi connectivity index (χ3v) is 5.30. The van der Waals surface area contributed by atoms with E-state index in [9.17, 15) is 0 Å². The molecule has 0 fully saturated rings. The molecule has 0 radical (unpaired) electrons. The molecule has 0 amide bonds. The molecule has 18 heavy (non-hydrogen) atoms. The molecule has 6 heteroatoms. The zero-order chi connectivity index (χ0) is 13.3. The average Bonchev–Trinajstić information content (AvgIpc) is 2.84. The van der Waals surface area contributed by atoms with Gasteiger partial charge in [0.05, 0.1) is 19.3 Å². The van der Waals surface area contributed by atoms with Crippen LogP contribution in [0.25, 0.3) is 0 Å². The molecule has 0 saturated heterocycles. The van der Waals surface area contributed by atoms with Crippen molar-refractivity contribution in [3.8, 4) is 0 Å². The molecule has 0 saturated carbocycles. The molecule has 2 heterocycles. The van der Waals surface area contributed by atoms with E-state index >= 15 is 0 Å². The van der Waals surface area contributed by atoms with Crippen molar-refractivity contribution < 1.29 is 0 Å². The van der Waals surface area contributed by atoms with Gasteiger partial charge in [-0.25, -0.2) is 0 Å². The van der Waals surface area contributed by atoms with Gasteiger partial charge in [-0.3, -0.25) is 4.68 Å². The van der Waals surface area contributed by atoms with Crippen molar-refractivity contribution in [2.45, 2.75) is 19.4 Å². The van der Waals surface area contributed by atoms with E-state index in [0.717, 1.165) is 22.8 Å². The minimum Gasteiger partial charge on any atom is -0.313 e. The van der Waals surface area contributed by atoms with E-state index in [1.54, 1.807) is 11.3 Å². The van der Waals surface area contributed by atoms with E-state index in [-0.39, 0.29) is 6.04 Å². The molecule has 2 aromatic rings. The van der Waals surface area contributed by atoms with Gasteiger partial charge < -0.3 is 5.32 Å². The Kier molecular flexibility index (Phi) is 4.69. The van der Waals surface area contributed by atoms with Gasteiger partial charge in [-0.15, -0.1) is 11.3 Å². The predicted molar refractivity (Wildman–Crippen MR) is 85.5 cm³/mol. The highest BCUT2D eigenvalue weighted by molar-refractivity contribution is 14.1. The smallest absolute Gasteiger partial charge is 0.0847 e. The number of hydrogen-bond acceptors (Lipinski definition) is 3. The van der Waals surface area contributed by atoms with E-state index in [1.807, 2.05) is 25.7 Å². The first-order valence-electron chi connectivity index (χ1n) is 5.62. The summed E-state index contributed by atoms with van der Waals surface area (Å²) in [6.45, 7) is 1.94. The number of likely N-dealkylation sites (N-methyl/N-ethyl adjacent to an activating group) is 1. The van der Waals surface area contributed by atoms with Crippen molar-refractivity contribution in [2.24, 2.45) is 7.05 Å². The first-order valence-corrected chi connectivity index (χ1v) is 7.95. The number of hydrogen-bond donors (Lipinski definition) is 1. The van der Waals surface area contributed by atoms with Crippen LogP contribution in [0.2, 0.25) is 5.02 Å². The molecule has 0 spiro atoms. The van der Waals surface area contributed by atoms with Gasteiger partial charge in [-0.05, 0) is 53.6 Å². The van der Waals surface area contributed by atoms with Gasteiger partial charge in [-0.2, -0.15) is 5.10 Å². The van der Waals surface area contributed by atoms with E-state index < -0.39 is 0 Å². The quantitative estimate of drug-likeness (QED) is 0.802. The van der Waals surface area contributed by atoms with Crippen molar-refractivity contribution in [3.05, 3.63) is 36.3 Å². The van der Waals surface area contributed by atoms with Crippen LogP contribution in [0.1, 0.15) is 23.0 Å². The molecule has 1 N–H and O–H groups in total. The summed E-state index contributed by atoms with van der Waals surface area (Å²) < 4.78 is 3.18. The van der Waals surface area contributed by atoms with Gasteiger partial charge in [0.15, 0.2) is 0 Å². The molecule has 1 unspecified atom stereocenters. The lowest BCUT2D eigenvalue weighted by molar-refractivity contribution is 0.563. The molecule has 0 aliphatic rings. The molecule has 2 aromatic heterocycles. The summed E-state index contributed by atoms with van der Waals surface area (Å²) in [6.07, 6.45) is 0.847. The molecule has 98 valence electrons. The molecular formula is C12H15ClIN3S. The fourth-order valence-corrected chi connectivity index (χ4v) is 3.65. The minimum atomic E-state index is 0.275. The highest BCUT2D eigenvalue weighted by atomic mass is 127. The van der Waals surface area contributed by atoms with Crippen LogP contribution >= 0.6 is 45.5 Å². The maximum absolute atomic E-state index is 6.30. The Labute approximate surface area is 130 Å². The third-order valence-electron chi connectivity index (χ3n) is 3.00. The lowest BCUT2D eigenvalue weighted by atomic mass is 10.1. The van der Waals surface area contributed by atoms with Crippen molar-refractivity contribution >= 4 is 45.5 Å². The summed E-state index contributed by atoms with van der Waals surface area (Å²) in [6, 6.07) is 2.49. The zero-order valence-corrected chi connectivity index (χ0v) is 14.2. The SMILES string of the molecule is CNC(Cc1c(Cl)c(C)nn1C)c1csc(I)c1. The number of thiophene rings is 1. The lowest BCUT2D eigenvalue weighted by Gasteiger charge is -2.15. The van der Waals surface area contributed by atoms with E-state index in [0.29, 0.717) is 0 Å². The molecule has 1 atom stereocenters. The lowest BCUT2D eigenvalue weighted by Crippen LogP contribution is -2.19. The van der Waals surface area contributed by atoms with Crippen LogP contribution in [0.5, 0.6) is 0 Å². The Morgan fingerprint density at radius 1 is 1.61 bits per heavy atom. The number of rotatable bonds is 4. The van der Waals surface area contributed by atoms with Crippen LogP contribution in [0, 0.1) is 9.81 Å². The highest BCUT2D eigenvalue weighted by Gasteiger charge is 2.18. The van der Waals surface area contributed by atoms with Gasteiger partial charge >= 0.3 is 0 Å². The third kappa shape index (κ3) is 2.89. The Balaban J connectivity index is 2.25. The molecule has 0 aromatic carbocycles. The van der Waals surface area contributed by atoms with Crippen LogP contribution in [0.3, 0.4) is 0 Å². The second-order valence-corrected chi connectivity index (χ2v) is 7.38. The van der Waals surface area contributed by atoms with Gasteiger partial charge in [0.1, 0.15) is 0 Å². The van der Waals surface area contributed by atoms with Crippen molar-refractivity contribution in [2.75, 3.05) is 7.05 Å². The van der Waals surface area contributed by atoms with Crippen LogP contribution < -0.4 is 5.32 Å². The topological polar surface area (TPSA) is 29.9 Å². The number of halogens is 2. The second-order valence-electron chi connectivity index (χ2n) is 4.20. The first kappa shape index (κ1) is 14.3. The van der Waals surface area contributed by atoms with Crippen LogP contribution in [-0.4, -0.2) is 16.8 Å². The molecule has 2 rings (SSSR count). The molecular weight excluding hydrogens is 381 g/mol. The number of aryl methyl sites for hydroxylation is 2. The Hall–Kier alpha value is -0.110. The first-order chi connectivity index (χ1) is 8.52. The largest absolute Gasteiger partial charge is 0.313 e. The van der Waals surface area contributed by atoms with Crippen molar-refractivity contribution in [1.29, 1.82) is 0 Å². The van der Waals surface area contributed by atoms with Crippen LogP contribution in [-0.2, 0) is 13.5 Å². The van der Waals surface area contributed by atoms with Gasteiger partial charge in [0.25, 0.3) is 0 Å². The van der Waals surface area contributed by atoms with Crippen molar-refractivity contribution in [3.63, 3.8) is 0 Å². The summed E-state index contributed by atoms with van der Waals surface area (Å²) >= 11 is 10.4. The van der Waals surface area contributed by atoms with Crippen LogP contribution in [0.4, 0.5) is 0 Å². The normalized spacial score (nSPS) is 12.9. The monoisotopic (exact) mass is 395 g/mol. The molecule has 0 bridgehead atoms. The Bertz CT molecular complexity index is 550.